The molecule has 0 radical (unpaired) electrons. The van der Waals surface area contributed by atoms with E-state index in [1.54, 1.807) is 0 Å². The first-order valence-electron chi connectivity index (χ1n) is 11.5. The fraction of sp³-hybridized carbons (Fsp3) is 0.846. The van der Waals surface area contributed by atoms with Crippen molar-refractivity contribution in [1.29, 1.82) is 0 Å². The van der Waals surface area contributed by atoms with Gasteiger partial charge in [0.05, 0.1) is 0 Å². The van der Waals surface area contributed by atoms with E-state index in [0.29, 0.717) is 14.7 Å². The van der Waals surface area contributed by atoms with E-state index in [1.165, 1.54) is 0 Å². The molecule has 2 unspecified atom stereocenters. The van der Waals surface area contributed by atoms with E-state index in [1.807, 2.05) is 14.2 Å². The van der Waals surface area contributed by atoms with Crippen LogP contribution in [0.25, 0.3) is 0 Å². The first-order valence-corrected chi connectivity index (χ1v) is 19.3. The van der Waals surface area contributed by atoms with Crippen molar-refractivity contribution in [3.05, 3.63) is 24.3 Å². The first kappa shape index (κ1) is 34.3. The zero-order valence-electron chi connectivity index (χ0n) is 23.6. The summed E-state index contributed by atoms with van der Waals surface area (Å²) in [5.74, 6) is 0. The fourth-order valence-corrected chi connectivity index (χ4v) is 13.7. The SMILES string of the molecule is COC(C=CC[PH][Ni]([Cl])([Cl])[PH]CC=CC(OC)(C(C)(C)C)C(C)(C)C)(C(C)(C)C)C(C)(C)C. The van der Waals surface area contributed by atoms with Crippen molar-refractivity contribution in [3.63, 3.8) is 0 Å². The molecular formula is C26H52Cl2NiO2P2. The van der Waals surface area contributed by atoms with Gasteiger partial charge in [0.1, 0.15) is 0 Å². The molecule has 0 saturated heterocycles. The molecule has 0 amide bonds. The van der Waals surface area contributed by atoms with Crippen LogP contribution in [0.1, 0.15) is 83.1 Å². The number of halogens is 2. The fourth-order valence-electron chi connectivity index (χ4n) is 5.34. The summed E-state index contributed by atoms with van der Waals surface area (Å²) in [6.07, 6.45) is 10.7. The van der Waals surface area contributed by atoms with Crippen molar-refractivity contribution >= 4 is 35.1 Å². The average Bonchev–Trinajstić information content (AvgIpc) is 2.57. The molecule has 2 atom stereocenters. The van der Waals surface area contributed by atoms with Crippen LogP contribution >= 0.6 is 35.1 Å². The second-order valence-electron chi connectivity index (χ2n) is 12.7. The van der Waals surface area contributed by atoms with E-state index in [9.17, 15) is 0 Å². The summed E-state index contributed by atoms with van der Waals surface area (Å²) in [4.78, 5) is 0. The van der Waals surface area contributed by atoms with Gasteiger partial charge < -0.3 is 0 Å². The topological polar surface area (TPSA) is 18.5 Å². The third-order valence-corrected chi connectivity index (χ3v) is 18.5. The van der Waals surface area contributed by atoms with E-state index in [-0.39, 0.29) is 32.9 Å². The third kappa shape index (κ3) is 8.70. The van der Waals surface area contributed by atoms with Gasteiger partial charge >= 0.3 is 221 Å². The minimum absolute atomic E-state index is 0.0349. The van der Waals surface area contributed by atoms with Crippen LogP contribution in [-0.4, -0.2) is 37.7 Å². The summed E-state index contributed by atoms with van der Waals surface area (Å²) < 4.78 is 12.2. The number of ether oxygens (including phenoxy) is 2. The molecule has 0 saturated carbocycles. The molecule has 2 nitrogen and oxygen atoms in total. The van der Waals surface area contributed by atoms with Crippen LogP contribution in [0, 0.1) is 21.7 Å². The quantitative estimate of drug-likeness (QED) is 0.144. The van der Waals surface area contributed by atoms with Crippen LogP contribution in [0.3, 0.4) is 0 Å². The van der Waals surface area contributed by atoms with Gasteiger partial charge in [0, 0.05) is 0 Å². The number of hydrogen-bond acceptors (Lipinski definition) is 2. The molecule has 0 rings (SSSR count). The predicted molar refractivity (Wildman–Crippen MR) is 154 cm³/mol. The van der Waals surface area contributed by atoms with Crippen LogP contribution in [0.5, 0.6) is 0 Å². The van der Waals surface area contributed by atoms with Crippen molar-refractivity contribution < 1.29 is 19.2 Å². The molecule has 0 aromatic rings. The average molecular weight is 588 g/mol. The van der Waals surface area contributed by atoms with Crippen molar-refractivity contribution in [2.24, 2.45) is 21.7 Å². The third-order valence-electron chi connectivity index (χ3n) is 6.45. The monoisotopic (exact) mass is 586 g/mol. The summed E-state index contributed by atoms with van der Waals surface area (Å²) in [7, 11) is 16.5. The summed E-state index contributed by atoms with van der Waals surface area (Å²) in [5, 5.41) is 0. The molecule has 0 fully saturated rings. The van der Waals surface area contributed by atoms with Gasteiger partial charge in [-0.3, -0.25) is 0 Å². The van der Waals surface area contributed by atoms with E-state index < -0.39 is 9.74 Å². The molecule has 0 aliphatic carbocycles. The molecular weight excluding hydrogens is 536 g/mol. The normalized spacial score (nSPS) is 17.0. The predicted octanol–water partition coefficient (Wildman–Crippen LogP) is 9.70. The van der Waals surface area contributed by atoms with Gasteiger partial charge in [0.15, 0.2) is 0 Å². The molecule has 0 bridgehead atoms. The molecule has 0 spiro atoms. The van der Waals surface area contributed by atoms with Crippen LogP contribution in [-0.2, 0) is 19.2 Å². The van der Waals surface area contributed by atoms with Gasteiger partial charge in [-0.05, 0) is 0 Å². The van der Waals surface area contributed by atoms with Crippen LogP contribution in [0.4, 0.5) is 0 Å². The second-order valence-corrected chi connectivity index (χ2v) is 29.2. The van der Waals surface area contributed by atoms with Gasteiger partial charge in [0.2, 0.25) is 0 Å². The van der Waals surface area contributed by atoms with Crippen LogP contribution in [0.15, 0.2) is 24.3 Å². The maximum atomic E-state index is 6.82. The number of rotatable bonds is 10. The van der Waals surface area contributed by atoms with Gasteiger partial charge in [-0.15, -0.1) is 0 Å². The Balaban J connectivity index is 5.27. The zero-order valence-corrected chi connectivity index (χ0v) is 28.1. The Morgan fingerprint density at radius 1 is 0.576 bits per heavy atom. The van der Waals surface area contributed by atoms with Crippen LogP contribution < -0.4 is 0 Å². The standard InChI is InChI=1S/2C13H26OP.2ClH.Ni/c2*1-11(2,3)13(14-7,9-8-10-15)12(4,5)6;;;/h2*8-9,15H,10H2,1-7H3;2*1H;/q2*-1;;;+4/p-2. The first-order chi connectivity index (χ1) is 14.5. The Kier molecular flexibility index (Phi) is 12.7. The molecule has 0 N–H and O–H groups in total. The van der Waals surface area contributed by atoms with Gasteiger partial charge in [-0.2, -0.15) is 0 Å². The van der Waals surface area contributed by atoms with Crippen LogP contribution in [0.2, 0.25) is 0 Å². The summed E-state index contributed by atoms with van der Waals surface area (Å²) in [6, 6.07) is 0. The molecule has 0 aromatic carbocycles. The minimum atomic E-state index is -1.77. The number of hydrogen-bond donors (Lipinski definition) is 0. The maximum absolute atomic E-state index is 6.82. The van der Waals surface area contributed by atoms with E-state index in [4.69, 9.17) is 29.9 Å². The Morgan fingerprint density at radius 2 is 0.818 bits per heavy atom. The molecule has 7 heteroatoms. The summed E-state index contributed by atoms with van der Waals surface area (Å²) in [6.45, 7) is 26.8. The molecule has 202 valence electrons. The Labute approximate surface area is 220 Å². The summed E-state index contributed by atoms with van der Waals surface area (Å²) >= 11 is 0. The second kappa shape index (κ2) is 12.3. The molecule has 0 aromatic heterocycles. The Hall–Kier alpha value is 1.33. The van der Waals surface area contributed by atoms with E-state index in [0.717, 1.165) is 12.3 Å². The van der Waals surface area contributed by atoms with Gasteiger partial charge in [0.25, 0.3) is 0 Å². The van der Waals surface area contributed by atoms with Gasteiger partial charge in [-0.1, -0.05) is 0 Å². The van der Waals surface area contributed by atoms with Crippen molar-refractivity contribution in [3.8, 4) is 0 Å². The Morgan fingerprint density at radius 3 is 1.00 bits per heavy atom. The summed E-state index contributed by atoms with van der Waals surface area (Å²) in [5.41, 5.74) is -0.868. The van der Waals surface area contributed by atoms with E-state index >= 15 is 0 Å². The van der Waals surface area contributed by atoms with Crippen molar-refractivity contribution in [1.82, 2.24) is 0 Å². The van der Waals surface area contributed by atoms with E-state index in [2.05, 4.69) is 107 Å². The number of allylic oxidation sites excluding steroid dienone is 2. The molecule has 0 aliphatic rings. The van der Waals surface area contributed by atoms with Crippen molar-refractivity contribution in [2.45, 2.75) is 94.3 Å². The van der Waals surface area contributed by atoms with Crippen molar-refractivity contribution in [2.75, 3.05) is 26.5 Å². The van der Waals surface area contributed by atoms with Gasteiger partial charge in [-0.25, -0.2) is 0 Å². The zero-order chi connectivity index (χ0) is 26.6. The number of methoxy groups -OCH3 is 2. The molecule has 0 heterocycles. The Bertz CT molecular complexity index is 580. The molecule has 33 heavy (non-hydrogen) atoms. The molecule has 0 aliphatic heterocycles.